The monoisotopic (exact) mass is 565 g/mol. The Labute approximate surface area is 234 Å². The Balaban J connectivity index is 1.01. The van der Waals surface area contributed by atoms with Gasteiger partial charge in [-0.1, -0.05) is 6.07 Å². The second-order valence-electron chi connectivity index (χ2n) is 11.6. The molecule has 3 unspecified atom stereocenters. The number of benzene rings is 1. The van der Waals surface area contributed by atoms with Crippen LogP contribution in [0.5, 0.6) is 0 Å². The fraction of sp³-hybridized carbons (Fsp3) is 0.483. The Bertz CT molecular complexity index is 1650. The maximum Gasteiger partial charge on any atom is 0.393 e. The maximum atomic E-state index is 12.9. The Morgan fingerprint density at radius 2 is 1.95 bits per heavy atom. The fourth-order valence-corrected chi connectivity index (χ4v) is 7.53. The number of fused-ring (bicyclic) bond motifs is 3. The van der Waals surface area contributed by atoms with E-state index in [1.54, 1.807) is 6.07 Å². The van der Waals surface area contributed by atoms with Gasteiger partial charge in [-0.2, -0.15) is 18.4 Å². The topological polar surface area (TPSA) is 72.8 Å². The molecule has 3 aliphatic heterocycles. The molecule has 7 rings (SSSR count). The Morgan fingerprint density at radius 3 is 2.62 bits per heavy atom. The molecule has 11 heteroatoms. The molecule has 0 spiro atoms. The lowest BCUT2D eigenvalue weighted by Crippen LogP contribution is -2.39. The van der Waals surface area contributed by atoms with Crippen LogP contribution in [0.3, 0.4) is 0 Å². The van der Waals surface area contributed by atoms with Crippen molar-refractivity contribution >= 4 is 38.3 Å². The number of nitrogens with one attached hydrogen (secondary N) is 1. The number of hydrogen-bond donors (Lipinski definition) is 1. The molecule has 3 atom stereocenters. The lowest BCUT2D eigenvalue weighted by Gasteiger charge is -2.33. The van der Waals surface area contributed by atoms with Crippen molar-refractivity contribution in [2.24, 2.45) is 0 Å². The van der Waals surface area contributed by atoms with Crippen molar-refractivity contribution in [3.05, 3.63) is 52.3 Å². The van der Waals surface area contributed by atoms with Gasteiger partial charge in [-0.3, -0.25) is 9.80 Å². The van der Waals surface area contributed by atoms with Crippen LogP contribution in [0.2, 0.25) is 0 Å². The Hall–Kier alpha value is -3.20. The third-order valence-corrected chi connectivity index (χ3v) is 10.2. The number of piperidine rings is 1. The first-order valence-corrected chi connectivity index (χ1v) is 14.5. The molecule has 6 heterocycles. The van der Waals surface area contributed by atoms with E-state index in [0.717, 1.165) is 73.5 Å². The van der Waals surface area contributed by atoms with Crippen molar-refractivity contribution in [2.45, 2.75) is 70.0 Å². The molecule has 3 aliphatic rings. The summed E-state index contributed by atoms with van der Waals surface area (Å²) in [6.07, 6.45) is -1.94. The SMILES string of the molecule is Cc1c(CN2CCC(Nc3ncnc4sc(CC(F)(F)F)cc34)CC2)ccc2c1cc(C#N)n2CC12CN1C2C. The molecule has 0 amide bonds. The van der Waals surface area contributed by atoms with Crippen molar-refractivity contribution in [1.82, 2.24) is 24.3 Å². The minimum atomic E-state index is -4.24. The largest absolute Gasteiger partial charge is 0.393 e. The van der Waals surface area contributed by atoms with E-state index in [-0.39, 0.29) is 16.5 Å². The first kappa shape index (κ1) is 25.7. The van der Waals surface area contributed by atoms with Crippen molar-refractivity contribution in [2.75, 3.05) is 25.0 Å². The first-order valence-electron chi connectivity index (χ1n) is 13.7. The number of nitrogens with zero attached hydrogens (tertiary/aromatic N) is 6. The van der Waals surface area contributed by atoms with E-state index in [4.69, 9.17) is 0 Å². The lowest BCUT2D eigenvalue weighted by atomic mass is 10.0. The molecule has 1 N–H and O–H groups in total. The van der Waals surface area contributed by atoms with Crippen LogP contribution >= 0.6 is 11.3 Å². The molecule has 0 aliphatic carbocycles. The van der Waals surface area contributed by atoms with Crippen molar-refractivity contribution in [1.29, 1.82) is 5.26 Å². The van der Waals surface area contributed by atoms with Crippen LogP contribution in [0.15, 0.2) is 30.6 Å². The highest BCUT2D eigenvalue weighted by atomic mass is 32.1. The quantitative estimate of drug-likeness (QED) is 0.300. The van der Waals surface area contributed by atoms with Crippen LogP contribution < -0.4 is 5.32 Å². The first-order chi connectivity index (χ1) is 19.1. The zero-order chi connectivity index (χ0) is 27.8. The highest BCUT2D eigenvalue weighted by Gasteiger charge is 2.74. The molecular formula is C29H30F3N7S. The summed E-state index contributed by atoms with van der Waals surface area (Å²) in [6.45, 7) is 9.10. The summed E-state index contributed by atoms with van der Waals surface area (Å²) < 4.78 is 40.9. The fourth-order valence-electron chi connectivity index (χ4n) is 6.50. The summed E-state index contributed by atoms with van der Waals surface area (Å²) in [5, 5.41) is 15.1. The van der Waals surface area contributed by atoms with Crippen LogP contribution in [0.4, 0.5) is 19.0 Å². The van der Waals surface area contributed by atoms with Crippen LogP contribution in [0.1, 0.15) is 41.5 Å². The molecule has 4 aromatic rings. The van der Waals surface area contributed by atoms with Gasteiger partial charge in [0.25, 0.3) is 0 Å². The average Bonchev–Trinajstić information content (AvgIpc) is 3.62. The summed E-state index contributed by atoms with van der Waals surface area (Å²) in [7, 11) is 0. The molecule has 3 aromatic heterocycles. The van der Waals surface area contributed by atoms with E-state index in [9.17, 15) is 18.4 Å². The van der Waals surface area contributed by atoms with Gasteiger partial charge in [0.15, 0.2) is 0 Å². The van der Waals surface area contributed by atoms with Gasteiger partial charge < -0.3 is 9.88 Å². The molecule has 7 nitrogen and oxygen atoms in total. The molecule has 0 radical (unpaired) electrons. The van der Waals surface area contributed by atoms with E-state index in [1.807, 2.05) is 6.07 Å². The Morgan fingerprint density at radius 1 is 1.18 bits per heavy atom. The van der Waals surface area contributed by atoms with Crippen LogP contribution in [0.25, 0.3) is 21.1 Å². The maximum absolute atomic E-state index is 12.9. The number of thiophene rings is 1. The highest BCUT2D eigenvalue weighted by Crippen LogP contribution is 2.57. The van der Waals surface area contributed by atoms with Gasteiger partial charge in [0.2, 0.25) is 0 Å². The third kappa shape index (κ3) is 4.42. The zero-order valence-corrected chi connectivity index (χ0v) is 23.2. The number of alkyl halides is 3. The number of halogens is 3. The molecule has 0 saturated carbocycles. The number of aromatic nitrogens is 3. The summed E-state index contributed by atoms with van der Waals surface area (Å²) in [4.78, 5) is 14.3. The molecule has 0 bridgehead atoms. The number of rotatable bonds is 7. The second-order valence-corrected chi connectivity index (χ2v) is 12.7. The zero-order valence-electron chi connectivity index (χ0n) is 22.4. The predicted molar refractivity (Wildman–Crippen MR) is 149 cm³/mol. The van der Waals surface area contributed by atoms with Gasteiger partial charge in [-0.15, -0.1) is 11.3 Å². The van der Waals surface area contributed by atoms with Crippen LogP contribution in [0, 0.1) is 18.3 Å². The van der Waals surface area contributed by atoms with Gasteiger partial charge in [-0.05, 0) is 56.0 Å². The van der Waals surface area contributed by atoms with Gasteiger partial charge >= 0.3 is 6.18 Å². The summed E-state index contributed by atoms with van der Waals surface area (Å²) >= 11 is 1.07. The lowest BCUT2D eigenvalue weighted by molar-refractivity contribution is -0.126. The predicted octanol–water partition coefficient (Wildman–Crippen LogP) is 5.46. The molecule has 3 fully saturated rings. The van der Waals surface area contributed by atoms with Gasteiger partial charge in [-0.25, -0.2) is 9.97 Å². The second kappa shape index (κ2) is 9.16. The van der Waals surface area contributed by atoms with Crippen LogP contribution in [-0.4, -0.2) is 67.8 Å². The summed E-state index contributed by atoms with van der Waals surface area (Å²) in [5.41, 5.74) is 4.66. The van der Waals surface area contributed by atoms with E-state index < -0.39 is 12.6 Å². The van der Waals surface area contributed by atoms with Gasteiger partial charge in [0.1, 0.15) is 28.7 Å². The Kier molecular flexibility index (Phi) is 5.90. The minimum absolute atomic E-state index is 0.197. The smallest absolute Gasteiger partial charge is 0.367 e. The highest BCUT2D eigenvalue weighted by molar-refractivity contribution is 7.18. The average molecular weight is 566 g/mol. The minimum Gasteiger partial charge on any atom is -0.367 e. The number of likely N-dealkylation sites (tertiary alicyclic amines) is 1. The summed E-state index contributed by atoms with van der Waals surface area (Å²) in [5.74, 6) is 0.613. The van der Waals surface area contributed by atoms with Crippen LogP contribution in [-0.2, 0) is 19.5 Å². The normalized spacial score (nSPS) is 24.8. The molecular weight excluding hydrogens is 535 g/mol. The van der Waals surface area contributed by atoms with Crippen molar-refractivity contribution in [3.63, 3.8) is 0 Å². The van der Waals surface area contributed by atoms with Gasteiger partial charge in [0.05, 0.1) is 17.3 Å². The molecule has 3 saturated heterocycles. The van der Waals surface area contributed by atoms with Crippen molar-refractivity contribution < 1.29 is 13.2 Å². The number of hydrogen-bond acceptors (Lipinski definition) is 7. The molecule has 1 aromatic carbocycles. The number of anilines is 1. The number of aryl methyl sites for hydroxylation is 1. The molecule has 40 heavy (non-hydrogen) atoms. The third-order valence-electron chi connectivity index (χ3n) is 9.18. The molecule has 208 valence electrons. The van der Waals surface area contributed by atoms with Crippen molar-refractivity contribution in [3.8, 4) is 6.07 Å². The summed E-state index contributed by atoms with van der Waals surface area (Å²) in [6, 6.07) is 11.2. The van der Waals surface area contributed by atoms with E-state index in [0.29, 0.717) is 22.1 Å². The van der Waals surface area contributed by atoms with E-state index in [2.05, 4.69) is 61.7 Å². The number of nitriles is 1. The van der Waals surface area contributed by atoms with E-state index in [1.165, 1.54) is 17.5 Å². The standard InChI is InChI=1S/C29H30F3N7S/c1-17-19(3-4-25-23(17)9-21(12-33)38(25)14-28-15-39(28)18(28)2)13-37-7-5-20(6-8-37)36-26-24-10-22(11-29(30,31)32)40-27(24)35-16-34-26/h3-4,9-10,16,18,20H,5-8,11,13-15H2,1-2H3,(H,34,35,36). The van der Waals surface area contributed by atoms with E-state index >= 15 is 0 Å². The van der Waals surface area contributed by atoms with Gasteiger partial charge in [0, 0.05) is 60.6 Å².